The summed E-state index contributed by atoms with van der Waals surface area (Å²) in [6, 6.07) is 20.9. The number of anilines is 1. The lowest BCUT2D eigenvalue weighted by Gasteiger charge is -2.11. The number of furan rings is 1. The maximum atomic E-state index is 13.7. The summed E-state index contributed by atoms with van der Waals surface area (Å²) >= 11 is 12.3. The van der Waals surface area contributed by atoms with Crippen LogP contribution >= 0.6 is 23.2 Å². The average Bonchev–Trinajstić information content (AvgIpc) is 3.43. The predicted molar refractivity (Wildman–Crippen MR) is 168 cm³/mol. The summed E-state index contributed by atoms with van der Waals surface area (Å²) < 4.78 is 26.0. The zero-order valence-corrected chi connectivity index (χ0v) is 24.3. The van der Waals surface area contributed by atoms with Crippen molar-refractivity contribution in [2.24, 2.45) is 5.10 Å². The summed E-state index contributed by atoms with van der Waals surface area (Å²) in [6.45, 7) is -0.676. The standard InChI is InChI=1S/C31H18Cl2FN5O6/c32-19-8-9-26-17(10-19)12-27(45-26)30-37-24-7-2-1-6-23(24)31(41)38(30)35-15-18-11-20(33)13-25(39(42)43)29(18)44-16-28(40)36-22-5-3-4-21(34)14-22/h1-15H,16H2,(H,36,40). The van der Waals surface area contributed by atoms with E-state index in [-0.39, 0.29) is 39.0 Å². The number of aromatic nitrogens is 2. The maximum Gasteiger partial charge on any atom is 0.313 e. The molecule has 0 aliphatic carbocycles. The van der Waals surface area contributed by atoms with Crippen LogP contribution in [-0.2, 0) is 4.79 Å². The molecule has 1 amide bonds. The average molecular weight is 646 g/mol. The highest BCUT2D eigenvalue weighted by Gasteiger charge is 2.23. The molecule has 224 valence electrons. The van der Waals surface area contributed by atoms with Gasteiger partial charge >= 0.3 is 5.69 Å². The SMILES string of the molecule is O=C(COc1c(C=Nn2c(-c3cc4cc(Cl)ccc4o3)nc3ccccc3c2=O)cc(Cl)cc1[N+](=O)[O-])Nc1cccc(F)c1. The van der Waals surface area contributed by atoms with Crippen molar-refractivity contribution in [2.45, 2.75) is 0 Å². The van der Waals surface area contributed by atoms with Gasteiger partial charge in [0.25, 0.3) is 11.5 Å². The first kappa shape index (κ1) is 29.5. The van der Waals surface area contributed by atoms with Crippen LogP contribution in [0.3, 0.4) is 0 Å². The van der Waals surface area contributed by atoms with Crippen LogP contribution in [0.2, 0.25) is 10.0 Å². The third-order valence-electron chi connectivity index (χ3n) is 6.48. The van der Waals surface area contributed by atoms with Crippen LogP contribution in [0.15, 0.2) is 99.2 Å². The van der Waals surface area contributed by atoms with Crippen LogP contribution in [0, 0.1) is 15.9 Å². The van der Waals surface area contributed by atoms with Crippen LogP contribution in [0.4, 0.5) is 15.8 Å². The monoisotopic (exact) mass is 645 g/mol. The highest BCUT2D eigenvalue weighted by atomic mass is 35.5. The molecule has 0 aliphatic heterocycles. The maximum absolute atomic E-state index is 13.7. The van der Waals surface area contributed by atoms with Gasteiger partial charge in [0.1, 0.15) is 11.4 Å². The summed E-state index contributed by atoms with van der Waals surface area (Å²) in [5.41, 5.74) is -0.0893. The summed E-state index contributed by atoms with van der Waals surface area (Å²) in [7, 11) is 0. The molecule has 2 heterocycles. The third-order valence-corrected chi connectivity index (χ3v) is 6.93. The molecule has 11 nitrogen and oxygen atoms in total. The molecule has 0 aliphatic rings. The van der Waals surface area contributed by atoms with Crippen LogP contribution < -0.4 is 15.6 Å². The topological polar surface area (TPSA) is 142 Å². The summed E-state index contributed by atoms with van der Waals surface area (Å²) in [4.78, 5) is 42.0. The van der Waals surface area contributed by atoms with E-state index in [2.05, 4.69) is 15.4 Å². The van der Waals surface area contributed by atoms with Gasteiger partial charge in [-0.3, -0.25) is 19.7 Å². The second kappa shape index (κ2) is 12.2. The Labute approximate surface area is 262 Å². The number of nitrogens with zero attached hydrogens (tertiary/aromatic N) is 4. The van der Waals surface area contributed by atoms with Crippen molar-refractivity contribution >= 4 is 68.6 Å². The van der Waals surface area contributed by atoms with E-state index in [1.807, 2.05) is 0 Å². The molecule has 0 fully saturated rings. The molecule has 4 aromatic carbocycles. The second-order valence-electron chi connectivity index (χ2n) is 9.55. The quantitative estimate of drug-likeness (QED) is 0.106. The van der Waals surface area contributed by atoms with Crippen molar-refractivity contribution in [1.82, 2.24) is 9.66 Å². The minimum atomic E-state index is -0.738. The molecule has 2 aromatic heterocycles. The van der Waals surface area contributed by atoms with Crippen molar-refractivity contribution in [3.8, 4) is 17.3 Å². The number of nitro benzene ring substituents is 1. The van der Waals surface area contributed by atoms with E-state index in [0.717, 1.165) is 23.0 Å². The molecule has 0 radical (unpaired) electrons. The number of fused-ring (bicyclic) bond motifs is 2. The molecule has 45 heavy (non-hydrogen) atoms. The summed E-state index contributed by atoms with van der Waals surface area (Å²) in [6.07, 6.45) is 1.12. The van der Waals surface area contributed by atoms with E-state index in [9.17, 15) is 24.1 Å². The third kappa shape index (κ3) is 6.23. The van der Waals surface area contributed by atoms with Crippen molar-refractivity contribution in [3.63, 3.8) is 0 Å². The molecule has 1 N–H and O–H groups in total. The number of nitrogens with one attached hydrogen (secondary N) is 1. The first-order valence-electron chi connectivity index (χ1n) is 13.1. The Bertz CT molecular complexity index is 2230. The Morgan fingerprint density at radius 3 is 2.69 bits per heavy atom. The van der Waals surface area contributed by atoms with Crippen LogP contribution in [0.1, 0.15) is 5.56 Å². The van der Waals surface area contributed by atoms with E-state index in [1.54, 1.807) is 48.5 Å². The van der Waals surface area contributed by atoms with Crippen LogP contribution in [0.5, 0.6) is 5.75 Å². The highest BCUT2D eigenvalue weighted by Crippen LogP contribution is 2.34. The van der Waals surface area contributed by atoms with Gasteiger partial charge < -0.3 is 14.5 Å². The number of halogens is 3. The van der Waals surface area contributed by atoms with Crippen molar-refractivity contribution in [3.05, 3.63) is 127 Å². The Morgan fingerprint density at radius 1 is 1.07 bits per heavy atom. The molecule has 0 atom stereocenters. The normalized spacial score (nSPS) is 11.4. The number of carbonyl (C=O) groups is 1. The Kier molecular flexibility index (Phi) is 7.98. The number of ether oxygens (including phenoxy) is 1. The lowest BCUT2D eigenvalue weighted by Crippen LogP contribution is -2.21. The number of benzene rings is 4. The van der Waals surface area contributed by atoms with Crippen molar-refractivity contribution in [2.75, 3.05) is 11.9 Å². The summed E-state index contributed by atoms with van der Waals surface area (Å²) in [5, 5.41) is 20.1. The molecule has 0 saturated carbocycles. The lowest BCUT2D eigenvalue weighted by atomic mass is 10.2. The fraction of sp³-hybridized carbons (Fsp3) is 0.0323. The Hall–Kier alpha value is -5.59. The number of amides is 1. The molecule has 14 heteroatoms. The molecule has 0 saturated heterocycles. The van der Waals surface area contributed by atoms with E-state index in [1.165, 1.54) is 24.3 Å². The fourth-order valence-corrected chi connectivity index (χ4v) is 4.93. The molecule has 0 bridgehead atoms. The number of para-hydroxylation sites is 1. The smallest absolute Gasteiger partial charge is 0.313 e. The van der Waals surface area contributed by atoms with Crippen LogP contribution in [-0.4, -0.2) is 33.3 Å². The number of rotatable bonds is 8. The zero-order chi connectivity index (χ0) is 31.7. The summed E-state index contributed by atoms with van der Waals surface area (Å²) in [5.74, 6) is -1.38. The largest absolute Gasteiger partial charge is 0.476 e. The van der Waals surface area contributed by atoms with Gasteiger partial charge in [-0.05, 0) is 60.7 Å². The Morgan fingerprint density at radius 2 is 1.89 bits per heavy atom. The number of hydrogen-bond acceptors (Lipinski definition) is 8. The number of nitro groups is 1. The van der Waals surface area contributed by atoms with E-state index < -0.39 is 34.5 Å². The van der Waals surface area contributed by atoms with Gasteiger partial charge in [0.15, 0.2) is 12.4 Å². The van der Waals surface area contributed by atoms with E-state index >= 15 is 0 Å². The minimum absolute atomic E-state index is 0.0184. The fourth-order valence-electron chi connectivity index (χ4n) is 4.52. The van der Waals surface area contributed by atoms with Gasteiger partial charge in [-0.15, -0.1) is 0 Å². The lowest BCUT2D eigenvalue weighted by molar-refractivity contribution is -0.385. The molecular weight excluding hydrogens is 628 g/mol. The molecular formula is C31H18Cl2FN5O6. The predicted octanol–water partition coefficient (Wildman–Crippen LogP) is 7.06. The van der Waals surface area contributed by atoms with Crippen LogP contribution in [0.25, 0.3) is 33.5 Å². The van der Waals surface area contributed by atoms with Crippen molar-refractivity contribution < 1.29 is 23.3 Å². The van der Waals surface area contributed by atoms with Gasteiger partial charge in [-0.1, -0.05) is 41.4 Å². The van der Waals surface area contributed by atoms with Gasteiger partial charge in [-0.25, -0.2) is 9.37 Å². The van der Waals surface area contributed by atoms with Gasteiger partial charge in [-0.2, -0.15) is 9.78 Å². The molecule has 6 aromatic rings. The molecule has 0 spiro atoms. The molecule has 6 rings (SSSR count). The highest BCUT2D eigenvalue weighted by molar-refractivity contribution is 6.31. The van der Waals surface area contributed by atoms with E-state index in [4.69, 9.17) is 32.4 Å². The van der Waals surface area contributed by atoms with Gasteiger partial charge in [0.2, 0.25) is 11.6 Å². The zero-order valence-electron chi connectivity index (χ0n) is 22.7. The first-order chi connectivity index (χ1) is 21.7. The first-order valence-corrected chi connectivity index (χ1v) is 13.8. The Balaban J connectivity index is 1.42. The van der Waals surface area contributed by atoms with Crippen molar-refractivity contribution in [1.29, 1.82) is 0 Å². The second-order valence-corrected chi connectivity index (χ2v) is 10.4. The number of carbonyl (C=O) groups excluding carboxylic acids is 1. The number of hydrogen-bond donors (Lipinski definition) is 1. The van der Waals surface area contributed by atoms with E-state index in [0.29, 0.717) is 21.5 Å². The minimum Gasteiger partial charge on any atom is -0.476 e. The van der Waals surface area contributed by atoms with Gasteiger partial charge in [0, 0.05) is 32.7 Å². The molecule has 0 unspecified atom stereocenters. The van der Waals surface area contributed by atoms with Gasteiger partial charge in [0.05, 0.1) is 22.0 Å².